The summed E-state index contributed by atoms with van der Waals surface area (Å²) < 4.78 is 27.2. The quantitative estimate of drug-likeness (QED) is 0.493. The molecule has 0 bridgehead atoms. The van der Waals surface area contributed by atoms with E-state index in [4.69, 9.17) is 11.6 Å². The number of thioether (sulfide) groups is 1. The number of likely N-dealkylation sites (N-methyl/N-ethyl adjacent to an activating group) is 1. The van der Waals surface area contributed by atoms with Crippen molar-refractivity contribution < 1.29 is 18.0 Å². The molecular formula is C19H30Cl2N4O4S2. The van der Waals surface area contributed by atoms with Gasteiger partial charge in [0.25, 0.3) is 10.0 Å². The van der Waals surface area contributed by atoms with Gasteiger partial charge < -0.3 is 15.5 Å². The fourth-order valence-corrected chi connectivity index (χ4v) is 6.33. The normalized spacial score (nSPS) is 16.0. The predicted octanol–water partition coefficient (Wildman–Crippen LogP) is 2.72. The Morgan fingerprint density at radius 3 is 2.55 bits per heavy atom. The minimum absolute atomic E-state index is 0. The van der Waals surface area contributed by atoms with Crippen LogP contribution >= 0.6 is 35.8 Å². The lowest BCUT2D eigenvalue weighted by Gasteiger charge is -2.23. The Morgan fingerprint density at radius 1 is 1.39 bits per heavy atom. The van der Waals surface area contributed by atoms with Crippen LogP contribution in [-0.2, 0) is 14.8 Å². The highest BCUT2D eigenvalue weighted by Crippen LogP contribution is 2.36. The van der Waals surface area contributed by atoms with Crippen molar-refractivity contribution in [1.82, 2.24) is 19.8 Å². The molecular weight excluding hydrogens is 483 g/mol. The monoisotopic (exact) mass is 512 g/mol. The van der Waals surface area contributed by atoms with E-state index in [0.717, 1.165) is 16.1 Å². The van der Waals surface area contributed by atoms with Gasteiger partial charge in [-0.15, -0.1) is 24.2 Å². The van der Waals surface area contributed by atoms with Crippen molar-refractivity contribution in [3.05, 3.63) is 22.7 Å². The van der Waals surface area contributed by atoms with Gasteiger partial charge in [-0.25, -0.2) is 17.5 Å². The molecule has 8 nitrogen and oxygen atoms in total. The van der Waals surface area contributed by atoms with E-state index in [0.29, 0.717) is 28.4 Å². The van der Waals surface area contributed by atoms with Crippen molar-refractivity contribution in [2.75, 3.05) is 33.7 Å². The molecule has 3 amide bonds. The van der Waals surface area contributed by atoms with Gasteiger partial charge in [-0.2, -0.15) is 0 Å². The zero-order chi connectivity index (χ0) is 22.6. The topological polar surface area (TPSA) is 98.8 Å². The first-order chi connectivity index (χ1) is 14.0. The van der Waals surface area contributed by atoms with Crippen molar-refractivity contribution in [2.24, 2.45) is 0 Å². The second-order valence-corrected chi connectivity index (χ2v) is 11.0. The molecule has 1 heterocycles. The number of amides is 3. The molecule has 1 saturated heterocycles. The Balaban J connectivity index is 0.00000480. The average Bonchev–Trinajstić information content (AvgIpc) is 3.08. The molecule has 2 unspecified atom stereocenters. The van der Waals surface area contributed by atoms with Crippen LogP contribution in [0.15, 0.2) is 21.9 Å². The number of urea groups is 1. The van der Waals surface area contributed by atoms with Crippen molar-refractivity contribution >= 4 is 57.7 Å². The molecule has 2 atom stereocenters. The summed E-state index contributed by atoms with van der Waals surface area (Å²) in [5.74, 6) is -0.171. The van der Waals surface area contributed by atoms with Gasteiger partial charge in [0, 0.05) is 29.0 Å². The molecule has 31 heavy (non-hydrogen) atoms. The van der Waals surface area contributed by atoms with Crippen molar-refractivity contribution in [2.45, 2.75) is 48.3 Å². The third-order valence-corrected chi connectivity index (χ3v) is 8.35. The third-order valence-electron chi connectivity index (χ3n) is 4.57. The molecule has 0 saturated carbocycles. The van der Waals surface area contributed by atoms with Crippen LogP contribution in [0.5, 0.6) is 0 Å². The Morgan fingerprint density at radius 2 is 2.03 bits per heavy atom. The molecule has 1 fully saturated rings. The number of hydrogen-bond donors (Lipinski definition) is 2. The van der Waals surface area contributed by atoms with Crippen molar-refractivity contribution in [1.29, 1.82) is 0 Å². The van der Waals surface area contributed by atoms with Crippen LogP contribution < -0.4 is 10.6 Å². The highest BCUT2D eigenvalue weighted by Gasteiger charge is 2.35. The third kappa shape index (κ3) is 6.89. The molecule has 0 spiro atoms. The predicted molar refractivity (Wildman–Crippen MR) is 127 cm³/mol. The van der Waals surface area contributed by atoms with E-state index in [2.05, 4.69) is 10.6 Å². The van der Waals surface area contributed by atoms with Crippen LogP contribution in [0, 0.1) is 6.92 Å². The summed E-state index contributed by atoms with van der Waals surface area (Å²) in [6, 6.07) is 2.31. The lowest BCUT2D eigenvalue weighted by Crippen LogP contribution is -2.43. The van der Waals surface area contributed by atoms with E-state index in [-0.39, 0.29) is 42.3 Å². The first-order valence-electron chi connectivity index (χ1n) is 9.69. The van der Waals surface area contributed by atoms with Crippen LogP contribution in [0.25, 0.3) is 0 Å². The molecule has 2 rings (SSSR count). The first-order valence-corrected chi connectivity index (χ1v) is 12.4. The Hall–Kier alpha value is -1.20. The summed E-state index contributed by atoms with van der Waals surface area (Å²) in [6.45, 7) is 6.49. The lowest BCUT2D eigenvalue weighted by molar-refractivity contribution is -0.121. The van der Waals surface area contributed by atoms with Gasteiger partial charge in [0.15, 0.2) is 0 Å². The number of nitrogens with zero attached hydrogens (tertiary/aromatic N) is 2. The summed E-state index contributed by atoms with van der Waals surface area (Å²) in [5.41, 5.74) is 0.580. The largest absolute Gasteiger partial charge is 0.351 e. The van der Waals surface area contributed by atoms with E-state index >= 15 is 0 Å². The van der Waals surface area contributed by atoms with Crippen molar-refractivity contribution in [3.8, 4) is 0 Å². The second kappa shape index (κ2) is 11.6. The van der Waals surface area contributed by atoms with Gasteiger partial charge in [-0.05, 0) is 52.1 Å². The average molecular weight is 514 g/mol. The van der Waals surface area contributed by atoms with E-state index in [1.54, 1.807) is 13.0 Å². The maximum Gasteiger partial charge on any atom is 0.331 e. The van der Waals surface area contributed by atoms with Crippen molar-refractivity contribution in [3.63, 3.8) is 0 Å². The summed E-state index contributed by atoms with van der Waals surface area (Å²) in [5, 5.41) is 5.37. The lowest BCUT2D eigenvalue weighted by atomic mass is 10.2. The van der Waals surface area contributed by atoms with Gasteiger partial charge in [0.2, 0.25) is 5.91 Å². The fraction of sp³-hybridized carbons (Fsp3) is 0.579. The number of halogens is 2. The van der Waals surface area contributed by atoms with E-state index in [1.165, 1.54) is 6.07 Å². The summed E-state index contributed by atoms with van der Waals surface area (Å²) in [6.07, 6.45) is 0.500. The highest BCUT2D eigenvalue weighted by atomic mass is 35.5. The first kappa shape index (κ1) is 27.8. The van der Waals surface area contributed by atoms with Gasteiger partial charge in [-0.1, -0.05) is 18.5 Å². The van der Waals surface area contributed by atoms with Crippen LogP contribution in [-0.4, -0.2) is 74.6 Å². The smallest absolute Gasteiger partial charge is 0.331 e. The maximum absolute atomic E-state index is 13.2. The summed E-state index contributed by atoms with van der Waals surface area (Å²) >= 11 is 7.41. The molecule has 0 aromatic heterocycles. The number of hydrogen-bond acceptors (Lipinski definition) is 6. The van der Waals surface area contributed by atoms with Gasteiger partial charge in [0.05, 0.1) is 11.8 Å². The van der Waals surface area contributed by atoms with E-state index in [9.17, 15) is 18.0 Å². The molecule has 2 N–H and O–H groups in total. The number of carbonyl (C=O) groups is 2. The Bertz CT molecular complexity index is 912. The molecule has 1 aromatic rings. The maximum atomic E-state index is 13.2. The van der Waals surface area contributed by atoms with Gasteiger partial charge in [0.1, 0.15) is 4.90 Å². The Kier molecular flexibility index (Phi) is 10.4. The molecule has 0 radical (unpaired) electrons. The Labute approximate surface area is 199 Å². The minimum atomic E-state index is -4.07. The number of nitrogens with one attached hydrogen (secondary N) is 2. The number of aryl methyl sites for hydroxylation is 1. The zero-order valence-corrected chi connectivity index (χ0v) is 21.5. The molecule has 1 aliphatic rings. The van der Waals surface area contributed by atoms with Crippen LogP contribution in [0.4, 0.5) is 4.79 Å². The minimum Gasteiger partial charge on any atom is -0.351 e. The number of rotatable bonds is 9. The fourth-order valence-electron chi connectivity index (χ4n) is 3.14. The summed E-state index contributed by atoms with van der Waals surface area (Å²) in [7, 11) is -0.222. The number of carbonyl (C=O) groups excluding carboxylic acids is 2. The molecule has 0 aliphatic carbocycles. The number of benzene rings is 1. The SMILES string of the molecule is CCC(Sc1cc(Cl)c(C)cc1S(=O)(=O)N1CCNC1=O)C(=O)NC(C)CN(C)C.Cl. The summed E-state index contributed by atoms with van der Waals surface area (Å²) in [4.78, 5) is 27.1. The molecule has 176 valence electrons. The standard InChI is InChI=1S/C19H29ClN4O4S2.ClH/c1-6-15(18(25)22-13(3)11-23(4)5)29-16-10-14(20)12(2)9-17(16)30(27,28)24-8-7-21-19(24)26;/h9-10,13,15H,6-8,11H2,1-5H3,(H,21,26)(H,22,25);1H. The van der Waals surface area contributed by atoms with E-state index in [1.807, 2.05) is 32.8 Å². The highest BCUT2D eigenvalue weighted by molar-refractivity contribution is 8.01. The molecule has 12 heteroatoms. The molecule has 1 aromatic carbocycles. The van der Waals surface area contributed by atoms with Crippen LogP contribution in [0.1, 0.15) is 25.8 Å². The van der Waals surface area contributed by atoms with Gasteiger partial charge in [-0.3, -0.25) is 4.79 Å². The van der Waals surface area contributed by atoms with Gasteiger partial charge >= 0.3 is 6.03 Å². The second-order valence-electron chi connectivity index (χ2n) is 7.54. The van der Waals surface area contributed by atoms with E-state index < -0.39 is 21.3 Å². The number of sulfonamides is 1. The molecule has 1 aliphatic heterocycles. The zero-order valence-electron chi connectivity index (χ0n) is 18.3. The van der Waals surface area contributed by atoms with Crippen LogP contribution in [0.3, 0.4) is 0 Å². The van der Waals surface area contributed by atoms with Crippen LogP contribution in [0.2, 0.25) is 5.02 Å².